The number of ether oxygens (including phenoxy) is 2. The van der Waals surface area contributed by atoms with E-state index < -0.39 is 0 Å². The first-order valence-electron chi connectivity index (χ1n) is 5.60. The van der Waals surface area contributed by atoms with E-state index in [9.17, 15) is 0 Å². The summed E-state index contributed by atoms with van der Waals surface area (Å²) >= 11 is 0. The minimum Gasteiger partial charge on any atom is -0.348 e. The molecule has 0 aromatic carbocycles. The largest absolute Gasteiger partial charge is 0.348 e. The van der Waals surface area contributed by atoms with Crippen molar-refractivity contribution in [3.8, 4) is 0 Å². The fourth-order valence-electron chi connectivity index (χ4n) is 2.23. The van der Waals surface area contributed by atoms with Crippen molar-refractivity contribution in [2.24, 2.45) is 5.92 Å². The Morgan fingerprint density at radius 3 is 2.57 bits per heavy atom. The first kappa shape index (κ1) is 10.4. The SMILES string of the molecule is CC1CC(NCC2COC(C)(C)O2)C1. The molecule has 14 heavy (non-hydrogen) atoms. The molecule has 1 atom stereocenters. The minimum atomic E-state index is -0.376. The van der Waals surface area contributed by atoms with Crippen LogP contribution >= 0.6 is 0 Å². The van der Waals surface area contributed by atoms with Crippen molar-refractivity contribution in [2.45, 2.75) is 51.5 Å². The van der Waals surface area contributed by atoms with Crippen molar-refractivity contribution in [3.63, 3.8) is 0 Å². The van der Waals surface area contributed by atoms with Gasteiger partial charge in [-0.3, -0.25) is 0 Å². The molecule has 1 saturated carbocycles. The molecule has 1 saturated heterocycles. The average molecular weight is 199 g/mol. The van der Waals surface area contributed by atoms with Gasteiger partial charge in [-0.25, -0.2) is 0 Å². The monoisotopic (exact) mass is 199 g/mol. The summed E-state index contributed by atoms with van der Waals surface area (Å²) < 4.78 is 11.2. The first-order valence-corrected chi connectivity index (χ1v) is 5.60. The van der Waals surface area contributed by atoms with E-state index in [0.717, 1.165) is 25.1 Å². The molecule has 0 aromatic rings. The lowest BCUT2D eigenvalue weighted by Gasteiger charge is -2.34. The maximum atomic E-state index is 5.71. The summed E-state index contributed by atoms with van der Waals surface area (Å²) in [6.45, 7) is 7.90. The standard InChI is InChI=1S/C11H21NO2/c1-8-4-9(5-8)12-6-10-7-13-11(2,3)14-10/h8-10,12H,4-7H2,1-3H3. The predicted octanol–water partition coefficient (Wildman–Crippen LogP) is 1.53. The fourth-order valence-corrected chi connectivity index (χ4v) is 2.23. The Kier molecular flexibility index (Phi) is 2.82. The molecule has 0 radical (unpaired) electrons. The Balaban J connectivity index is 1.63. The predicted molar refractivity (Wildman–Crippen MR) is 55.1 cm³/mol. The van der Waals surface area contributed by atoms with E-state index in [4.69, 9.17) is 9.47 Å². The summed E-state index contributed by atoms with van der Waals surface area (Å²) in [5.74, 6) is 0.531. The lowest BCUT2D eigenvalue weighted by Crippen LogP contribution is -2.44. The Morgan fingerprint density at radius 2 is 2.07 bits per heavy atom. The van der Waals surface area contributed by atoms with Gasteiger partial charge in [0.25, 0.3) is 0 Å². The van der Waals surface area contributed by atoms with Gasteiger partial charge in [-0.15, -0.1) is 0 Å². The van der Waals surface area contributed by atoms with Gasteiger partial charge in [0.15, 0.2) is 5.79 Å². The number of nitrogens with one attached hydrogen (secondary N) is 1. The van der Waals surface area contributed by atoms with Gasteiger partial charge in [-0.05, 0) is 32.6 Å². The van der Waals surface area contributed by atoms with E-state index in [2.05, 4.69) is 12.2 Å². The van der Waals surface area contributed by atoms with Gasteiger partial charge >= 0.3 is 0 Å². The van der Waals surface area contributed by atoms with Crippen LogP contribution in [0.3, 0.4) is 0 Å². The quantitative estimate of drug-likeness (QED) is 0.747. The molecular formula is C11H21NO2. The highest BCUT2D eigenvalue weighted by Gasteiger charge is 2.33. The van der Waals surface area contributed by atoms with Crippen molar-refractivity contribution in [1.82, 2.24) is 5.32 Å². The zero-order valence-corrected chi connectivity index (χ0v) is 9.38. The number of hydrogen-bond acceptors (Lipinski definition) is 3. The molecule has 0 aromatic heterocycles. The Hall–Kier alpha value is -0.120. The van der Waals surface area contributed by atoms with E-state index in [1.165, 1.54) is 12.8 Å². The molecular weight excluding hydrogens is 178 g/mol. The highest BCUT2D eigenvalue weighted by Crippen LogP contribution is 2.27. The maximum Gasteiger partial charge on any atom is 0.163 e. The third-order valence-electron chi connectivity index (χ3n) is 3.08. The summed E-state index contributed by atoms with van der Waals surface area (Å²) in [6, 6.07) is 0.720. The average Bonchev–Trinajstić information content (AvgIpc) is 2.37. The van der Waals surface area contributed by atoms with Crippen LogP contribution in [0.5, 0.6) is 0 Å². The van der Waals surface area contributed by atoms with Crippen molar-refractivity contribution in [1.29, 1.82) is 0 Å². The summed E-state index contributed by atoms with van der Waals surface area (Å²) in [5, 5.41) is 3.52. The van der Waals surface area contributed by atoms with Crippen molar-refractivity contribution < 1.29 is 9.47 Å². The second kappa shape index (κ2) is 3.80. The molecule has 1 heterocycles. The third-order valence-corrected chi connectivity index (χ3v) is 3.08. The van der Waals surface area contributed by atoms with Crippen LogP contribution < -0.4 is 5.32 Å². The van der Waals surface area contributed by atoms with Crippen LogP contribution in [-0.4, -0.2) is 31.1 Å². The van der Waals surface area contributed by atoms with Crippen molar-refractivity contribution >= 4 is 0 Å². The van der Waals surface area contributed by atoms with Crippen LogP contribution in [0, 0.1) is 5.92 Å². The Bertz CT molecular complexity index is 199. The van der Waals surface area contributed by atoms with Crippen molar-refractivity contribution in [2.75, 3.05) is 13.2 Å². The smallest absolute Gasteiger partial charge is 0.163 e. The van der Waals surface area contributed by atoms with Crippen LogP contribution in [0.25, 0.3) is 0 Å². The molecule has 3 nitrogen and oxygen atoms in total. The van der Waals surface area contributed by atoms with Gasteiger partial charge < -0.3 is 14.8 Å². The maximum absolute atomic E-state index is 5.71. The topological polar surface area (TPSA) is 30.5 Å². The second-order valence-corrected chi connectivity index (χ2v) is 5.13. The Morgan fingerprint density at radius 1 is 1.36 bits per heavy atom. The zero-order chi connectivity index (χ0) is 10.2. The lowest BCUT2D eigenvalue weighted by atomic mass is 9.82. The van der Waals surface area contributed by atoms with Gasteiger partial charge in [0.05, 0.1) is 12.7 Å². The Labute approximate surface area is 86.2 Å². The van der Waals surface area contributed by atoms with E-state index in [-0.39, 0.29) is 11.9 Å². The molecule has 0 spiro atoms. The van der Waals surface area contributed by atoms with Gasteiger partial charge in [0, 0.05) is 12.6 Å². The second-order valence-electron chi connectivity index (χ2n) is 5.13. The van der Waals surface area contributed by atoms with E-state index in [1.807, 2.05) is 13.8 Å². The molecule has 0 amide bonds. The molecule has 3 heteroatoms. The van der Waals surface area contributed by atoms with Gasteiger partial charge in [0.2, 0.25) is 0 Å². The summed E-state index contributed by atoms with van der Waals surface area (Å²) in [6.07, 6.45) is 2.87. The molecule has 0 bridgehead atoms. The molecule has 1 N–H and O–H groups in total. The minimum absolute atomic E-state index is 0.237. The molecule has 2 rings (SSSR count). The van der Waals surface area contributed by atoms with Crippen molar-refractivity contribution in [3.05, 3.63) is 0 Å². The number of rotatable bonds is 3. The normalized spacial score (nSPS) is 40.9. The van der Waals surface area contributed by atoms with E-state index in [0.29, 0.717) is 0 Å². The highest BCUT2D eigenvalue weighted by molar-refractivity contribution is 4.84. The van der Waals surface area contributed by atoms with Crippen LogP contribution in [-0.2, 0) is 9.47 Å². The molecule has 2 aliphatic rings. The third kappa shape index (κ3) is 2.47. The summed E-state index contributed by atoms with van der Waals surface area (Å²) in [5.41, 5.74) is 0. The van der Waals surface area contributed by atoms with Crippen LogP contribution in [0.1, 0.15) is 33.6 Å². The lowest BCUT2D eigenvalue weighted by molar-refractivity contribution is -0.138. The zero-order valence-electron chi connectivity index (χ0n) is 9.38. The summed E-state index contributed by atoms with van der Waals surface area (Å²) in [4.78, 5) is 0. The summed E-state index contributed by atoms with van der Waals surface area (Å²) in [7, 11) is 0. The van der Waals surface area contributed by atoms with Gasteiger partial charge in [0.1, 0.15) is 0 Å². The van der Waals surface area contributed by atoms with Crippen LogP contribution in [0.2, 0.25) is 0 Å². The van der Waals surface area contributed by atoms with Crippen LogP contribution in [0.15, 0.2) is 0 Å². The van der Waals surface area contributed by atoms with Gasteiger partial charge in [-0.2, -0.15) is 0 Å². The molecule has 1 aliphatic carbocycles. The molecule has 82 valence electrons. The highest BCUT2D eigenvalue weighted by atomic mass is 16.7. The van der Waals surface area contributed by atoms with Crippen LogP contribution in [0.4, 0.5) is 0 Å². The molecule has 1 unspecified atom stereocenters. The first-order chi connectivity index (χ1) is 6.55. The molecule has 1 aliphatic heterocycles. The number of hydrogen-bond donors (Lipinski definition) is 1. The fraction of sp³-hybridized carbons (Fsp3) is 1.00. The van der Waals surface area contributed by atoms with Gasteiger partial charge in [-0.1, -0.05) is 6.92 Å². The van der Waals surface area contributed by atoms with E-state index >= 15 is 0 Å². The van der Waals surface area contributed by atoms with E-state index in [1.54, 1.807) is 0 Å². The molecule has 2 fully saturated rings.